The molecule has 2 heterocycles. The lowest BCUT2D eigenvalue weighted by Crippen LogP contribution is -2.36. The number of carbonyl (C=O) groups is 1. The first-order valence-corrected chi connectivity index (χ1v) is 8.81. The Balaban J connectivity index is 1.58. The van der Waals surface area contributed by atoms with Gasteiger partial charge in [-0.2, -0.15) is 0 Å². The van der Waals surface area contributed by atoms with Crippen molar-refractivity contribution in [3.8, 4) is 0 Å². The largest absolute Gasteiger partial charge is 0.343 e. The van der Waals surface area contributed by atoms with E-state index < -0.39 is 0 Å². The van der Waals surface area contributed by atoms with Crippen molar-refractivity contribution >= 4 is 23.0 Å². The molecule has 130 valence electrons. The Morgan fingerprint density at radius 2 is 1.73 bits per heavy atom. The molecule has 0 bridgehead atoms. The molecule has 4 rings (SSSR count). The van der Waals surface area contributed by atoms with E-state index in [1.165, 1.54) is 5.56 Å². The van der Waals surface area contributed by atoms with Crippen LogP contribution < -0.4 is 9.80 Å². The number of carbonyl (C=O) groups excluding carboxylic acids is 1. The van der Waals surface area contributed by atoms with Gasteiger partial charge in [-0.1, -0.05) is 36.4 Å². The van der Waals surface area contributed by atoms with Crippen molar-refractivity contribution in [2.24, 2.45) is 0 Å². The summed E-state index contributed by atoms with van der Waals surface area (Å²) in [6, 6.07) is 22.1. The Morgan fingerprint density at radius 1 is 1.00 bits per heavy atom. The molecule has 1 unspecified atom stereocenters. The van der Waals surface area contributed by atoms with Gasteiger partial charge < -0.3 is 9.80 Å². The summed E-state index contributed by atoms with van der Waals surface area (Å²) in [6.45, 7) is 2.08. The fraction of sp³-hybridized carbons (Fsp3) is 0.182. The zero-order valence-corrected chi connectivity index (χ0v) is 15.0. The van der Waals surface area contributed by atoms with E-state index in [0.717, 1.165) is 23.5 Å². The SMILES string of the molecule is CC1Cc2ccccc2N1C(=O)c1ccc(N(C)c2ccccc2)cn1. The van der Waals surface area contributed by atoms with Crippen molar-refractivity contribution in [1.29, 1.82) is 0 Å². The molecule has 0 fully saturated rings. The first-order chi connectivity index (χ1) is 12.6. The van der Waals surface area contributed by atoms with Crippen LogP contribution in [0.2, 0.25) is 0 Å². The van der Waals surface area contributed by atoms with Crippen molar-refractivity contribution in [3.05, 3.63) is 84.2 Å². The minimum Gasteiger partial charge on any atom is -0.343 e. The van der Waals surface area contributed by atoms with Gasteiger partial charge in [0.05, 0.1) is 11.9 Å². The maximum absolute atomic E-state index is 13.0. The van der Waals surface area contributed by atoms with E-state index in [9.17, 15) is 4.79 Å². The number of hydrogen-bond donors (Lipinski definition) is 0. The van der Waals surface area contributed by atoms with Gasteiger partial charge in [0, 0.05) is 24.5 Å². The minimum absolute atomic E-state index is 0.0450. The van der Waals surface area contributed by atoms with Gasteiger partial charge in [0.15, 0.2) is 0 Å². The minimum atomic E-state index is -0.0450. The van der Waals surface area contributed by atoms with Crippen molar-refractivity contribution in [3.63, 3.8) is 0 Å². The first-order valence-electron chi connectivity index (χ1n) is 8.81. The average Bonchev–Trinajstić information content (AvgIpc) is 3.03. The van der Waals surface area contributed by atoms with Crippen LogP contribution in [0.15, 0.2) is 72.9 Å². The summed E-state index contributed by atoms with van der Waals surface area (Å²) in [6.07, 6.45) is 2.64. The van der Waals surface area contributed by atoms with Crippen LogP contribution in [-0.4, -0.2) is 24.0 Å². The van der Waals surface area contributed by atoms with E-state index in [2.05, 4.69) is 22.9 Å². The third kappa shape index (κ3) is 2.84. The Kier molecular flexibility index (Phi) is 4.17. The van der Waals surface area contributed by atoms with Crippen molar-refractivity contribution in [1.82, 2.24) is 4.98 Å². The van der Waals surface area contributed by atoms with Gasteiger partial charge in [0.25, 0.3) is 5.91 Å². The third-order valence-electron chi connectivity index (χ3n) is 4.92. The molecule has 0 spiro atoms. The summed E-state index contributed by atoms with van der Waals surface area (Å²) in [4.78, 5) is 21.4. The van der Waals surface area contributed by atoms with Crippen LogP contribution in [0.1, 0.15) is 23.0 Å². The quantitative estimate of drug-likeness (QED) is 0.705. The highest BCUT2D eigenvalue weighted by molar-refractivity contribution is 6.06. The van der Waals surface area contributed by atoms with Crippen LogP contribution in [-0.2, 0) is 6.42 Å². The summed E-state index contributed by atoms with van der Waals surface area (Å²) in [5.74, 6) is -0.0450. The zero-order chi connectivity index (χ0) is 18.1. The molecule has 4 heteroatoms. The second kappa shape index (κ2) is 6.64. The second-order valence-corrected chi connectivity index (χ2v) is 6.65. The smallest absolute Gasteiger partial charge is 0.277 e. The van der Waals surface area contributed by atoms with Gasteiger partial charge in [-0.3, -0.25) is 4.79 Å². The second-order valence-electron chi connectivity index (χ2n) is 6.65. The maximum Gasteiger partial charge on any atom is 0.277 e. The lowest BCUT2D eigenvalue weighted by Gasteiger charge is -2.23. The number of amides is 1. The molecule has 1 aromatic heterocycles. The third-order valence-corrected chi connectivity index (χ3v) is 4.92. The van der Waals surface area contributed by atoms with E-state index >= 15 is 0 Å². The number of nitrogens with zero attached hydrogens (tertiary/aromatic N) is 3. The molecule has 1 aliphatic rings. The van der Waals surface area contributed by atoms with E-state index in [0.29, 0.717) is 5.69 Å². The fourth-order valence-corrected chi connectivity index (χ4v) is 3.51. The first kappa shape index (κ1) is 16.3. The molecule has 3 aromatic rings. The molecule has 0 saturated carbocycles. The van der Waals surface area contributed by atoms with E-state index in [-0.39, 0.29) is 11.9 Å². The van der Waals surface area contributed by atoms with Crippen molar-refractivity contribution in [2.75, 3.05) is 16.8 Å². The van der Waals surface area contributed by atoms with E-state index in [4.69, 9.17) is 0 Å². The van der Waals surface area contributed by atoms with Crippen LogP contribution in [0.3, 0.4) is 0 Å². The maximum atomic E-state index is 13.0. The number of rotatable bonds is 3. The van der Waals surface area contributed by atoms with Crippen LogP contribution in [0.4, 0.5) is 17.1 Å². The Hall–Kier alpha value is -3.14. The summed E-state index contributed by atoms with van der Waals surface area (Å²) in [5, 5.41) is 0. The average molecular weight is 343 g/mol. The van der Waals surface area contributed by atoms with Crippen LogP contribution in [0, 0.1) is 0 Å². The summed E-state index contributed by atoms with van der Waals surface area (Å²) >= 11 is 0. The monoisotopic (exact) mass is 343 g/mol. The number of benzene rings is 2. The van der Waals surface area contributed by atoms with Crippen LogP contribution in [0.5, 0.6) is 0 Å². The predicted octanol–water partition coefficient (Wildman–Crippen LogP) is 4.44. The van der Waals surface area contributed by atoms with Gasteiger partial charge in [0.2, 0.25) is 0 Å². The Bertz CT molecular complexity index is 922. The molecular weight excluding hydrogens is 322 g/mol. The molecule has 1 atom stereocenters. The van der Waals surface area contributed by atoms with E-state index in [1.807, 2.05) is 72.6 Å². The highest BCUT2D eigenvalue weighted by Crippen LogP contribution is 2.33. The van der Waals surface area contributed by atoms with Crippen molar-refractivity contribution < 1.29 is 4.79 Å². The Labute approximate surface area is 153 Å². The normalized spacial score (nSPS) is 15.6. The molecule has 1 aliphatic heterocycles. The summed E-state index contributed by atoms with van der Waals surface area (Å²) in [7, 11) is 1.99. The molecule has 0 N–H and O–H groups in total. The molecule has 26 heavy (non-hydrogen) atoms. The number of aromatic nitrogens is 1. The van der Waals surface area contributed by atoms with Gasteiger partial charge in [-0.15, -0.1) is 0 Å². The molecule has 0 aliphatic carbocycles. The van der Waals surface area contributed by atoms with Crippen LogP contribution in [0.25, 0.3) is 0 Å². The highest BCUT2D eigenvalue weighted by atomic mass is 16.2. The summed E-state index contributed by atoms with van der Waals surface area (Å²) < 4.78 is 0. The molecule has 2 aromatic carbocycles. The standard InChI is InChI=1S/C22H21N3O/c1-16-14-17-8-6-7-11-21(17)25(16)22(26)20-13-12-19(15-23-20)24(2)18-9-4-3-5-10-18/h3-13,15-16H,14H2,1-2H3. The van der Waals surface area contributed by atoms with Gasteiger partial charge >= 0.3 is 0 Å². The number of hydrogen-bond acceptors (Lipinski definition) is 3. The zero-order valence-electron chi connectivity index (χ0n) is 15.0. The predicted molar refractivity (Wildman–Crippen MR) is 105 cm³/mol. The fourth-order valence-electron chi connectivity index (χ4n) is 3.51. The van der Waals surface area contributed by atoms with Gasteiger partial charge in [0.1, 0.15) is 5.69 Å². The van der Waals surface area contributed by atoms with E-state index in [1.54, 1.807) is 6.20 Å². The summed E-state index contributed by atoms with van der Waals surface area (Å²) in [5.41, 5.74) is 4.71. The molecular formula is C22H21N3O. The molecule has 4 nitrogen and oxygen atoms in total. The number of pyridine rings is 1. The van der Waals surface area contributed by atoms with Crippen LogP contribution >= 0.6 is 0 Å². The number of para-hydroxylation sites is 2. The highest BCUT2D eigenvalue weighted by Gasteiger charge is 2.31. The van der Waals surface area contributed by atoms with Gasteiger partial charge in [-0.05, 0) is 49.2 Å². The number of anilines is 3. The molecule has 1 amide bonds. The molecule has 0 saturated heterocycles. The molecule has 0 radical (unpaired) electrons. The van der Waals surface area contributed by atoms with Gasteiger partial charge in [-0.25, -0.2) is 4.98 Å². The van der Waals surface area contributed by atoms with Crippen molar-refractivity contribution in [2.45, 2.75) is 19.4 Å². The lowest BCUT2D eigenvalue weighted by molar-refractivity contribution is 0.0976. The lowest BCUT2D eigenvalue weighted by atomic mass is 10.1. The topological polar surface area (TPSA) is 36.4 Å². The number of fused-ring (bicyclic) bond motifs is 1. The Morgan fingerprint density at radius 3 is 2.46 bits per heavy atom.